The maximum atomic E-state index is 12.3. The van der Waals surface area contributed by atoms with Gasteiger partial charge in [0.05, 0.1) is 11.4 Å². The summed E-state index contributed by atoms with van der Waals surface area (Å²) >= 11 is 0. The van der Waals surface area contributed by atoms with Gasteiger partial charge in [-0.05, 0) is 30.9 Å². The largest absolute Gasteiger partial charge is 0.395 e. The van der Waals surface area contributed by atoms with Crippen molar-refractivity contribution in [2.24, 2.45) is 0 Å². The highest BCUT2D eigenvalue weighted by atomic mass is 16.2. The van der Waals surface area contributed by atoms with E-state index in [4.69, 9.17) is 5.73 Å². The van der Waals surface area contributed by atoms with Crippen LogP contribution in [0.5, 0.6) is 0 Å². The van der Waals surface area contributed by atoms with Crippen LogP contribution in [-0.2, 0) is 6.42 Å². The van der Waals surface area contributed by atoms with Crippen molar-refractivity contribution >= 4 is 17.3 Å². The van der Waals surface area contributed by atoms with E-state index < -0.39 is 0 Å². The van der Waals surface area contributed by atoms with Crippen LogP contribution in [0.25, 0.3) is 0 Å². The van der Waals surface area contributed by atoms with Gasteiger partial charge in [0.25, 0.3) is 5.91 Å². The van der Waals surface area contributed by atoms with Crippen LogP contribution in [0.4, 0.5) is 11.4 Å². The van der Waals surface area contributed by atoms with Crippen LogP contribution in [0.1, 0.15) is 47.4 Å². The number of para-hydroxylation sites is 1. The summed E-state index contributed by atoms with van der Waals surface area (Å²) in [6.45, 7) is 2.05. The molecule has 1 saturated carbocycles. The highest BCUT2D eigenvalue weighted by Crippen LogP contribution is 2.42. The van der Waals surface area contributed by atoms with Gasteiger partial charge in [0, 0.05) is 11.6 Å². The van der Waals surface area contributed by atoms with E-state index >= 15 is 0 Å². The van der Waals surface area contributed by atoms with Crippen molar-refractivity contribution in [2.75, 3.05) is 11.1 Å². The van der Waals surface area contributed by atoms with E-state index in [0.717, 1.165) is 36.2 Å². The number of aromatic nitrogens is 2. The van der Waals surface area contributed by atoms with Crippen LogP contribution in [0, 0.1) is 0 Å². The quantitative estimate of drug-likeness (QED) is 0.798. The third kappa shape index (κ3) is 2.27. The number of nitrogens with one attached hydrogen (secondary N) is 2. The number of benzene rings is 1. The highest BCUT2D eigenvalue weighted by molar-refractivity contribution is 6.06. The Bertz CT molecular complexity index is 643. The summed E-state index contributed by atoms with van der Waals surface area (Å²) in [5.74, 6) is 0.193. The Balaban J connectivity index is 1.82. The molecule has 0 spiro atoms. The number of anilines is 2. The van der Waals surface area contributed by atoms with Crippen LogP contribution < -0.4 is 11.1 Å². The predicted molar refractivity (Wildman–Crippen MR) is 78.7 cm³/mol. The van der Waals surface area contributed by atoms with Gasteiger partial charge in [-0.25, -0.2) is 0 Å². The normalized spacial score (nSPS) is 14.2. The molecular weight excluding hydrogens is 252 g/mol. The molecule has 1 fully saturated rings. The van der Waals surface area contributed by atoms with E-state index in [9.17, 15) is 4.79 Å². The minimum Gasteiger partial charge on any atom is -0.395 e. The van der Waals surface area contributed by atoms with E-state index in [1.54, 1.807) is 0 Å². The molecule has 4 N–H and O–H groups in total. The number of aromatic amines is 1. The molecule has 1 aromatic carbocycles. The highest BCUT2D eigenvalue weighted by Gasteiger charge is 2.30. The average molecular weight is 270 g/mol. The summed E-state index contributed by atoms with van der Waals surface area (Å²) in [5.41, 5.74) is 9.60. The van der Waals surface area contributed by atoms with Gasteiger partial charge < -0.3 is 11.1 Å². The smallest absolute Gasteiger partial charge is 0.278 e. The van der Waals surface area contributed by atoms with Crippen molar-refractivity contribution in [1.29, 1.82) is 0 Å². The molecule has 5 heteroatoms. The first kappa shape index (κ1) is 12.7. The minimum atomic E-state index is -0.258. The number of nitrogen functional groups attached to an aromatic ring is 1. The Morgan fingerprint density at radius 2 is 2.20 bits per heavy atom. The summed E-state index contributed by atoms with van der Waals surface area (Å²) in [6, 6.07) is 7.75. The van der Waals surface area contributed by atoms with Crippen molar-refractivity contribution in [3.63, 3.8) is 0 Å². The summed E-state index contributed by atoms with van der Waals surface area (Å²) < 4.78 is 0. The monoisotopic (exact) mass is 270 g/mol. The van der Waals surface area contributed by atoms with Crippen LogP contribution in [-0.4, -0.2) is 16.1 Å². The zero-order valence-electron chi connectivity index (χ0n) is 11.4. The molecule has 1 aliphatic rings. The van der Waals surface area contributed by atoms with Crippen molar-refractivity contribution in [3.05, 3.63) is 41.2 Å². The third-order valence-electron chi connectivity index (χ3n) is 3.68. The molecule has 0 aliphatic heterocycles. The van der Waals surface area contributed by atoms with Gasteiger partial charge in [0.2, 0.25) is 0 Å². The van der Waals surface area contributed by atoms with Crippen LogP contribution in [0.2, 0.25) is 0 Å². The number of nitrogens with two attached hydrogens (primary N) is 1. The van der Waals surface area contributed by atoms with E-state index in [0.29, 0.717) is 11.6 Å². The zero-order chi connectivity index (χ0) is 14.1. The van der Waals surface area contributed by atoms with E-state index in [2.05, 4.69) is 22.4 Å². The molecule has 0 atom stereocenters. The predicted octanol–water partition coefficient (Wildman–Crippen LogP) is 2.68. The number of rotatable bonds is 4. The maximum Gasteiger partial charge on any atom is 0.278 e. The summed E-state index contributed by atoms with van der Waals surface area (Å²) in [5, 5.41) is 9.85. The second-order valence-electron chi connectivity index (χ2n) is 5.14. The maximum absolute atomic E-state index is 12.3. The molecule has 0 radical (unpaired) electrons. The molecule has 0 unspecified atom stereocenters. The lowest BCUT2D eigenvalue weighted by Crippen LogP contribution is -2.15. The number of nitrogens with zero attached hydrogens (tertiary/aromatic N) is 1. The van der Waals surface area contributed by atoms with Gasteiger partial charge in [-0.2, -0.15) is 5.10 Å². The number of carbonyl (C=O) groups is 1. The number of amides is 1. The first-order chi connectivity index (χ1) is 9.70. The molecule has 5 nitrogen and oxygen atoms in total. The van der Waals surface area contributed by atoms with Crippen molar-refractivity contribution < 1.29 is 4.79 Å². The summed E-state index contributed by atoms with van der Waals surface area (Å²) in [4.78, 5) is 12.3. The lowest BCUT2D eigenvalue weighted by molar-refractivity contribution is 0.102. The lowest BCUT2D eigenvalue weighted by Gasteiger charge is -2.08. The van der Waals surface area contributed by atoms with Crippen molar-refractivity contribution in [2.45, 2.75) is 32.1 Å². The molecule has 0 saturated heterocycles. The van der Waals surface area contributed by atoms with E-state index in [1.807, 2.05) is 24.3 Å². The first-order valence-electron chi connectivity index (χ1n) is 6.93. The van der Waals surface area contributed by atoms with E-state index in [-0.39, 0.29) is 11.6 Å². The second-order valence-corrected chi connectivity index (χ2v) is 5.14. The van der Waals surface area contributed by atoms with Crippen molar-refractivity contribution in [3.8, 4) is 0 Å². The van der Waals surface area contributed by atoms with Gasteiger partial charge in [-0.1, -0.05) is 25.1 Å². The fourth-order valence-electron chi connectivity index (χ4n) is 2.35. The third-order valence-corrected chi connectivity index (χ3v) is 3.68. The SMILES string of the molecule is CCc1ccccc1NC(=O)c1n[nH]c(C2CC2)c1N. The number of carbonyl (C=O) groups excluding carboxylic acids is 1. The van der Waals surface area contributed by atoms with Gasteiger partial charge in [-0.15, -0.1) is 0 Å². The Morgan fingerprint density at radius 1 is 1.45 bits per heavy atom. The minimum absolute atomic E-state index is 0.258. The summed E-state index contributed by atoms with van der Waals surface area (Å²) in [7, 11) is 0. The molecule has 1 aliphatic carbocycles. The molecule has 2 aromatic rings. The van der Waals surface area contributed by atoms with Crippen LogP contribution >= 0.6 is 0 Å². The fraction of sp³-hybridized carbons (Fsp3) is 0.333. The van der Waals surface area contributed by atoms with Gasteiger partial charge in [-0.3, -0.25) is 9.89 Å². The Hall–Kier alpha value is -2.30. The van der Waals surface area contributed by atoms with Gasteiger partial charge >= 0.3 is 0 Å². The van der Waals surface area contributed by atoms with Crippen molar-refractivity contribution in [1.82, 2.24) is 10.2 Å². The van der Waals surface area contributed by atoms with Crippen LogP contribution in [0.15, 0.2) is 24.3 Å². The average Bonchev–Trinajstić information content (AvgIpc) is 3.22. The molecular formula is C15H18N4O. The molecule has 3 rings (SSSR count). The van der Waals surface area contributed by atoms with E-state index in [1.165, 1.54) is 0 Å². The topological polar surface area (TPSA) is 83.8 Å². The summed E-state index contributed by atoms with van der Waals surface area (Å²) in [6.07, 6.45) is 3.10. The van der Waals surface area contributed by atoms with Gasteiger partial charge in [0.1, 0.15) is 0 Å². The lowest BCUT2D eigenvalue weighted by atomic mass is 10.1. The molecule has 20 heavy (non-hydrogen) atoms. The standard InChI is InChI=1S/C15H18N4O/c1-2-9-5-3-4-6-11(9)17-15(20)14-12(16)13(18-19-14)10-7-8-10/h3-6,10H,2,7-8,16H2,1H3,(H,17,20)(H,18,19). The molecule has 1 heterocycles. The number of hydrogen-bond donors (Lipinski definition) is 3. The fourth-order valence-corrected chi connectivity index (χ4v) is 2.35. The zero-order valence-corrected chi connectivity index (χ0v) is 11.4. The Morgan fingerprint density at radius 3 is 2.90 bits per heavy atom. The molecule has 1 aromatic heterocycles. The molecule has 104 valence electrons. The first-order valence-corrected chi connectivity index (χ1v) is 6.93. The number of hydrogen-bond acceptors (Lipinski definition) is 3. The second kappa shape index (κ2) is 5.00. The Labute approximate surface area is 117 Å². The number of H-pyrrole nitrogens is 1. The Kier molecular flexibility index (Phi) is 3.18. The molecule has 1 amide bonds. The number of aryl methyl sites for hydroxylation is 1. The van der Waals surface area contributed by atoms with Crippen LogP contribution in [0.3, 0.4) is 0 Å². The molecule has 0 bridgehead atoms. The van der Waals surface area contributed by atoms with Gasteiger partial charge in [0.15, 0.2) is 5.69 Å².